The Morgan fingerprint density at radius 1 is 1.38 bits per heavy atom. The lowest BCUT2D eigenvalue weighted by Crippen LogP contribution is -2.08. The Bertz CT molecular complexity index is 703. The first-order chi connectivity index (χ1) is 9.86. The Morgan fingerprint density at radius 3 is 2.57 bits per heavy atom. The van der Waals surface area contributed by atoms with Crippen molar-refractivity contribution in [1.29, 1.82) is 0 Å². The number of hydrogen-bond acceptors (Lipinski definition) is 4. The number of halogens is 3. The van der Waals surface area contributed by atoms with Gasteiger partial charge in [0.05, 0.1) is 22.4 Å². The highest BCUT2D eigenvalue weighted by atomic mass is 35.5. The van der Waals surface area contributed by atoms with Gasteiger partial charge in [-0.3, -0.25) is 10.1 Å². The van der Waals surface area contributed by atoms with Gasteiger partial charge >= 0.3 is 5.69 Å². The van der Waals surface area contributed by atoms with Gasteiger partial charge in [-0.15, -0.1) is 21.8 Å². The van der Waals surface area contributed by atoms with Crippen molar-refractivity contribution in [3.05, 3.63) is 39.7 Å². The third-order valence-electron chi connectivity index (χ3n) is 2.86. The zero-order valence-electron chi connectivity index (χ0n) is 11.2. The van der Waals surface area contributed by atoms with Crippen molar-refractivity contribution in [2.75, 3.05) is 0 Å². The van der Waals surface area contributed by atoms with Crippen molar-refractivity contribution in [2.45, 2.75) is 25.8 Å². The van der Waals surface area contributed by atoms with E-state index in [1.807, 2.05) is 0 Å². The number of nitro groups is 1. The Labute approximate surface area is 123 Å². The third kappa shape index (κ3) is 2.71. The van der Waals surface area contributed by atoms with Crippen LogP contribution in [0.5, 0.6) is 0 Å². The van der Waals surface area contributed by atoms with Crippen LogP contribution in [0.25, 0.3) is 11.4 Å². The molecule has 2 rings (SSSR count). The maximum absolute atomic E-state index is 14.2. The number of alkyl halides is 1. The van der Waals surface area contributed by atoms with Gasteiger partial charge in [0.25, 0.3) is 0 Å². The van der Waals surface area contributed by atoms with Gasteiger partial charge in [0.2, 0.25) is 5.82 Å². The lowest BCUT2D eigenvalue weighted by molar-refractivity contribution is -0.387. The molecule has 0 amide bonds. The molecule has 2 aromatic rings. The van der Waals surface area contributed by atoms with E-state index in [-0.39, 0.29) is 23.3 Å². The molecule has 0 bridgehead atoms. The van der Waals surface area contributed by atoms with Crippen LogP contribution >= 0.6 is 11.6 Å². The first kappa shape index (κ1) is 15.3. The van der Waals surface area contributed by atoms with Crippen LogP contribution < -0.4 is 0 Å². The standard InChI is InChI=1S/C12H11ClF2N4O2/c1-6(2)18-10(5-13)16-17-12(18)8-3-7(14)4-9(11(8)15)19(20)21/h3-4,6H,5H2,1-2H3. The van der Waals surface area contributed by atoms with Crippen LogP contribution in [0.1, 0.15) is 25.7 Å². The molecule has 0 aliphatic rings. The summed E-state index contributed by atoms with van der Waals surface area (Å²) in [4.78, 5) is 9.79. The number of nitro benzene ring substituents is 1. The second kappa shape index (κ2) is 5.72. The fourth-order valence-electron chi connectivity index (χ4n) is 2.01. The van der Waals surface area contributed by atoms with E-state index >= 15 is 0 Å². The lowest BCUT2D eigenvalue weighted by atomic mass is 10.1. The number of rotatable bonds is 4. The summed E-state index contributed by atoms with van der Waals surface area (Å²) in [5.41, 5.74) is -1.27. The van der Waals surface area contributed by atoms with E-state index in [0.717, 1.165) is 6.07 Å². The Balaban J connectivity index is 2.73. The van der Waals surface area contributed by atoms with Crippen LogP contribution in [-0.4, -0.2) is 19.7 Å². The van der Waals surface area contributed by atoms with Crippen molar-refractivity contribution in [3.8, 4) is 11.4 Å². The van der Waals surface area contributed by atoms with E-state index in [0.29, 0.717) is 11.9 Å². The molecule has 0 radical (unpaired) electrons. The maximum atomic E-state index is 14.2. The Kier molecular flexibility index (Phi) is 4.17. The summed E-state index contributed by atoms with van der Waals surface area (Å²) in [5.74, 6) is -1.68. The van der Waals surface area contributed by atoms with Crippen LogP contribution in [-0.2, 0) is 5.88 Å². The van der Waals surface area contributed by atoms with E-state index in [9.17, 15) is 18.9 Å². The molecule has 6 nitrogen and oxygen atoms in total. The number of nitrogens with zero attached hydrogens (tertiary/aromatic N) is 4. The van der Waals surface area contributed by atoms with Gasteiger partial charge in [-0.1, -0.05) is 0 Å². The van der Waals surface area contributed by atoms with Gasteiger partial charge in [-0.25, -0.2) is 4.39 Å². The maximum Gasteiger partial charge on any atom is 0.308 e. The van der Waals surface area contributed by atoms with Crippen molar-refractivity contribution >= 4 is 17.3 Å². The second-order valence-corrected chi connectivity index (χ2v) is 4.85. The molecule has 0 fully saturated rings. The van der Waals surface area contributed by atoms with Crippen molar-refractivity contribution in [1.82, 2.24) is 14.8 Å². The zero-order valence-corrected chi connectivity index (χ0v) is 11.9. The van der Waals surface area contributed by atoms with E-state index in [4.69, 9.17) is 11.6 Å². The molecule has 0 aliphatic carbocycles. The predicted octanol–water partition coefficient (Wildman–Crippen LogP) is 3.45. The van der Waals surface area contributed by atoms with Gasteiger partial charge in [0.15, 0.2) is 5.82 Å². The van der Waals surface area contributed by atoms with Crippen molar-refractivity contribution < 1.29 is 13.7 Å². The van der Waals surface area contributed by atoms with Gasteiger partial charge in [0, 0.05) is 6.04 Å². The van der Waals surface area contributed by atoms with Crippen LogP contribution in [0, 0.1) is 21.7 Å². The Hall–Kier alpha value is -2.09. The van der Waals surface area contributed by atoms with E-state index < -0.39 is 22.2 Å². The van der Waals surface area contributed by atoms with Crippen LogP contribution in [0.3, 0.4) is 0 Å². The third-order valence-corrected chi connectivity index (χ3v) is 3.10. The minimum absolute atomic E-state index is 0.000694. The quantitative estimate of drug-likeness (QED) is 0.492. The monoisotopic (exact) mass is 316 g/mol. The summed E-state index contributed by atoms with van der Waals surface area (Å²) >= 11 is 5.73. The molecule has 0 aliphatic heterocycles. The first-order valence-electron chi connectivity index (χ1n) is 6.00. The molecule has 112 valence electrons. The van der Waals surface area contributed by atoms with Crippen LogP contribution in [0.4, 0.5) is 14.5 Å². The Morgan fingerprint density at radius 2 is 2.05 bits per heavy atom. The summed E-state index contributed by atoms with van der Waals surface area (Å²) in [5, 5.41) is 18.4. The topological polar surface area (TPSA) is 73.8 Å². The highest BCUT2D eigenvalue weighted by Gasteiger charge is 2.25. The smallest absolute Gasteiger partial charge is 0.307 e. The average Bonchev–Trinajstić information content (AvgIpc) is 2.84. The SMILES string of the molecule is CC(C)n1c(CCl)nnc1-c1cc(F)cc([N+](=O)[O-])c1F. The number of hydrogen-bond donors (Lipinski definition) is 0. The molecule has 21 heavy (non-hydrogen) atoms. The van der Waals surface area contributed by atoms with Crippen LogP contribution in [0.2, 0.25) is 0 Å². The first-order valence-corrected chi connectivity index (χ1v) is 6.53. The molecule has 0 saturated heterocycles. The molecule has 9 heteroatoms. The molecule has 1 heterocycles. The highest BCUT2D eigenvalue weighted by Crippen LogP contribution is 2.31. The highest BCUT2D eigenvalue weighted by molar-refractivity contribution is 6.16. The summed E-state index contributed by atoms with van der Waals surface area (Å²) < 4.78 is 29.3. The predicted molar refractivity (Wildman–Crippen MR) is 72.0 cm³/mol. The van der Waals surface area contributed by atoms with E-state index in [2.05, 4.69) is 10.2 Å². The van der Waals surface area contributed by atoms with E-state index in [1.165, 1.54) is 4.57 Å². The zero-order chi connectivity index (χ0) is 15.7. The van der Waals surface area contributed by atoms with Crippen molar-refractivity contribution in [2.24, 2.45) is 0 Å². The average molecular weight is 317 g/mol. The molecule has 0 N–H and O–H groups in total. The van der Waals surface area contributed by atoms with Crippen molar-refractivity contribution in [3.63, 3.8) is 0 Å². The minimum Gasteiger partial charge on any atom is -0.307 e. The number of aromatic nitrogens is 3. The minimum atomic E-state index is -1.16. The summed E-state index contributed by atoms with van der Waals surface area (Å²) in [6.45, 7) is 3.57. The largest absolute Gasteiger partial charge is 0.308 e. The van der Waals surface area contributed by atoms with Gasteiger partial charge < -0.3 is 4.57 Å². The molecule has 0 spiro atoms. The molecule has 0 unspecified atom stereocenters. The molecule has 0 saturated carbocycles. The molecule has 1 aromatic carbocycles. The normalized spacial score (nSPS) is 11.1. The molecular formula is C12H11ClF2N4O2. The summed E-state index contributed by atoms with van der Waals surface area (Å²) in [6.07, 6.45) is 0. The number of benzene rings is 1. The van der Waals surface area contributed by atoms with E-state index in [1.54, 1.807) is 13.8 Å². The van der Waals surface area contributed by atoms with Gasteiger partial charge in [-0.05, 0) is 19.9 Å². The molecule has 1 aromatic heterocycles. The fraction of sp³-hybridized carbons (Fsp3) is 0.333. The molecular weight excluding hydrogens is 306 g/mol. The van der Waals surface area contributed by atoms with Crippen LogP contribution in [0.15, 0.2) is 12.1 Å². The second-order valence-electron chi connectivity index (χ2n) is 4.58. The van der Waals surface area contributed by atoms with Gasteiger partial charge in [0.1, 0.15) is 11.6 Å². The summed E-state index contributed by atoms with van der Waals surface area (Å²) in [6, 6.07) is 1.20. The lowest BCUT2D eigenvalue weighted by Gasteiger charge is -2.13. The summed E-state index contributed by atoms with van der Waals surface area (Å²) in [7, 11) is 0. The van der Waals surface area contributed by atoms with Gasteiger partial charge in [-0.2, -0.15) is 4.39 Å². The molecule has 0 atom stereocenters. The fourth-order valence-corrected chi connectivity index (χ4v) is 2.19.